The second-order valence-corrected chi connectivity index (χ2v) is 25.1. The van der Waals surface area contributed by atoms with Gasteiger partial charge in [-0.1, -0.05) is 315 Å². The van der Waals surface area contributed by atoms with E-state index in [0.717, 1.165) is 0 Å². The van der Waals surface area contributed by atoms with Crippen molar-refractivity contribution >= 4 is 64.6 Å². The first-order valence-corrected chi connectivity index (χ1v) is 33.2. The maximum Gasteiger partial charge on any atom is -0.00928 e. The Balaban J connectivity index is 0.000000150. The Hall–Kier alpha value is -12.5. The van der Waals surface area contributed by atoms with Gasteiger partial charge >= 0.3 is 0 Å². The molecule has 0 nitrogen and oxygen atoms in total. The molecule has 0 radical (unpaired) electrons. The molecular formula is C96H64. The first-order valence-electron chi connectivity index (χ1n) is 33.2. The van der Waals surface area contributed by atoms with E-state index in [1.54, 1.807) is 0 Å². The standard InChI is InChI=1S/C54H36.C42H28/c1-5-15-37(16-6-1)43-29-44(38-17-7-2-8-18-38)32-47(31-43)41-25-27-51-52-28-26-42(36-54(52)50-24-14-13-23-49(50)53(51)35-41)48-33-45(39-19-9-3-10-20-39)30-46(34-48)40-21-11-4-12-22-40;1-3-11-29(12-4-1)31-15-9-17-33(25-31)35-21-23-39-40-24-22-36(28-42(40)38-20-8-7-19-37(38)41(39)27-35)34-18-10-16-32(26-34)30-13-5-2-6-14-30/h1-36H;1-28H. The topological polar surface area (TPSA) is 0 Å². The Morgan fingerprint density at radius 3 is 0.458 bits per heavy atom. The monoisotopic (exact) mass is 1220 g/mol. The van der Waals surface area contributed by atoms with Gasteiger partial charge in [0.25, 0.3) is 0 Å². The minimum absolute atomic E-state index is 1.21. The number of rotatable bonds is 10. The van der Waals surface area contributed by atoms with E-state index in [4.69, 9.17) is 0 Å². The van der Waals surface area contributed by atoms with Crippen molar-refractivity contribution in [3.8, 4) is 111 Å². The van der Waals surface area contributed by atoms with Crippen LogP contribution in [0.1, 0.15) is 0 Å². The van der Waals surface area contributed by atoms with Gasteiger partial charge in [0.15, 0.2) is 0 Å². The predicted octanol–water partition coefficient (Wildman–Crippen LogP) is 27.0. The Labute approximate surface area is 560 Å². The van der Waals surface area contributed by atoms with Gasteiger partial charge in [-0.25, -0.2) is 0 Å². The van der Waals surface area contributed by atoms with Crippen molar-refractivity contribution in [3.63, 3.8) is 0 Å². The van der Waals surface area contributed by atoms with Gasteiger partial charge in [-0.15, -0.1) is 0 Å². The minimum atomic E-state index is 1.21. The summed E-state index contributed by atoms with van der Waals surface area (Å²) in [5.74, 6) is 0. The lowest BCUT2D eigenvalue weighted by Gasteiger charge is -2.16. The van der Waals surface area contributed by atoms with E-state index in [1.807, 2.05) is 0 Å². The summed E-state index contributed by atoms with van der Waals surface area (Å²) in [5.41, 5.74) is 24.5. The highest BCUT2D eigenvalue weighted by molar-refractivity contribution is 6.27. The van der Waals surface area contributed by atoms with Gasteiger partial charge in [-0.05, 0) is 249 Å². The summed E-state index contributed by atoms with van der Waals surface area (Å²) in [4.78, 5) is 0. The van der Waals surface area contributed by atoms with Crippen LogP contribution in [-0.2, 0) is 0 Å². The summed E-state index contributed by atoms with van der Waals surface area (Å²) in [7, 11) is 0. The van der Waals surface area contributed by atoms with Crippen LogP contribution in [0.2, 0.25) is 0 Å². The summed E-state index contributed by atoms with van der Waals surface area (Å²) < 4.78 is 0. The third-order valence-electron chi connectivity index (χ3n) is 19.2. The van der Waals surface area contributed by atoms with Gasteiger partial charge in [0.2, 0.25) is 0 Å². The van der Waals surface area contributed by atoms with Gasteiger partial charge in [0.1, 0.15) is 0 Å². The van der Waals surface area contributed by atoms with Crippen molar-refractivity contribution in [1.29, 1.82) is 0 Å². The van der Waals surface area contributed by atoms with Crippen molar-refractivity contribution in [3.05, 3.63) is 388 Å². The SMILES string of the molecule is c1ccc(-c2cc(-c3ccccc3)cc(-c3ccc4c5ccc(-c6cc(-c7ccccc7)cc(-c7ccccc7)c6)cc5c5ccccc5c4c3)c2)cc1.c1ccc(-c2cccc(-c3ccc4c5ccc(-c6cccc(-c7ccccc7)c6)cc5c5ccccc5c4c3)c2)cc1. The minimum Gasteiger partial charge on any atom is -0.0622 e. The van der Waals surface area contributed by atoms with E-state index in [9.17, 15) is 0 Å². The van der Waals surface area contributed by atoms with Crippen LogP contribution in [-0.4, -0.2) is 0 Å². The van der Waals surface area contributed by atoms with Crippen molar-refractivity contribution in [1.82, 2.24) is 0 Å². The van der Waals surface area contributed by atoms with E-state index in [-0.39, 0.29) is 0 Å². The smallest absolute Gasteiger partial charge is 0.00928 e. The third-order valence-corrected chi connectivity index (χ3v) is 19.2. The zero-order valence-corrected chi connectivity index (χ0v) is 53.0. The Morgan fingerprint density at radius 1 is 0.0729 bits per heavy atom. The molecule has 0 bridgehead atoms. The second kappa shape index (κ2) is 25.2. The highest BCUT2D eigenvalue weighted by Gasteiger charge is 2.17. The Kier molecular flexibility index (Phi) is 15.1. The van der Waals surface area contributed by atoms with Crippen LogP contribution in [0.5, 0.6) is 0 Å². The highest BCUT2D eigenvalue weighted by atomic mass is 14.2. The Bertz CT molecular complexity index is 5370. The highest BCUT2D eigenvalue weighted by Crippen LogP contribution is 2.44. The zero-order valence-electron chi connectivity index (χ0n) is 53.0. The predicted molar refractivity (Wildman–Crippen MR) is 412 cm³/mol. The van der Waals surface area contributed by atoms with Crippen molar-refractivity contribution in [2.24, 2.45) is 0 Å². The van der Waals surface area contributed by atoms with Crippen LogP contribution >= 0.6 is 0 Å². The molecule has 18 aromatic carbocycles. The lowest BCUT2D eigenvalue weighted by molar-refractivity contribution is 1.57. The summed E-state index contributed by atoms with van der Waals surface area (Å²) in [6.07, 6.45) is 0. The first kappa shape index (κ1) is 57.4. The fourth-order valence-electron chi connectivity index (χ4n) is 14.4. The molecule has 0 spiro atoms. The van der Waals surface area contributed by atoms with Crippen LogP contribution in [0.25, 0.3) is 176 Å². The third kappa shape index (κ3) is 11.2. The molecule has 18 aromatic rings. The molecule has 0 N–H and O–H groups in total. The zero-order chi connectivity index (χ0) is 63.7. The average Bonchev–Trinajstić information content (AvgIpc) is 0.763. The normalized spacial score (nSPS) is 11.3. The van der Waals surface area contributed by atoms with Gasteiger partial charge in [0, 0.05) is 0 Å². The average molecular weight is 1220 g/mol. The van der Waals surface area contributed by atoms with Crippen LogP contribution in [0.3, 0.4) is 0 Å². The molecule has 448 valence electrons. The molecule has 0 fully saturated rings. The van der Waals surface area contributed by atoms with Crippen molar-refractivity contribution < 1.29 is 0 Å². The van der Waals surface area contributed by atoms with Gasteiger partial charge < -0.3 is 0 Å². The fraction of sp³-hybridized carbons (Fsp3) is 0. The van der Waals surface area contributed by atoms with Crippen LogP contribution in [0.15, 0.2) is 388 Å². The molecule has 0 saturated heterocycles. The molecule has 0 atom stereocenters. The van der Waals surface area contributed by atoms with E-state index < -0.39 is 0 Å². The van der Waals surface area contributed by atoms with Crippen molar-refractivity contribution in [2.75, 3.05) is 0 Å². The molecule has 0 heterocycles. The molecular weight excluding hydrogens is 1150 g/mol. The largest absolute Gasteiger partial charge is 0.0622 e. The molecule has 0 amide bonds. The van der Waals surface area contributed by atoms with Gasteiger partial charge in [-0.2, -0.15) is 0 Å². The summed E-state index contributed by atoms with van der Waals surface area (Å²) in [6, 6.07) is 142. The molecule has 0 aliphatic rings. The second-order valence-electron chi connectivity index (χ2n) is 25.1. The van der Waals surface area contributed by atoms with Gasteiger partial charge in [0.05, 0.1) is 0 Å². The van der Waals surface area contributed by atoms with E-state index in [0.29, 0.717) is 0 Å². The fourth-order valence-corrected chi connectivity index (χ4v) is 14.4. The molecule has 0 heteroatoms. The molecule has 18 rings (SSSR count). The summed E-state index contributed by atoms with van der Waals surface area (Å²) in [5, 5.41) is 15.3. The first-order chi connectivity index (χ1) is 47.6. The molecule has 0 unspecified atom stereocenters. The van der Waals surface area contributed by atoms with E-state index in [2.05, 4.69) is 388 Å². The molecule has 0 aliphatic heterocycles. The number of hydrogen-bond acceptors (Lipinski definition) is 0. The number of hydrogen-bond donors (Lipinski definition) is 0. The van der Waals surface area contributed by atoms with Gasteiger partial charge in [-0.3, -0.25) is 0 Å². The quantitative estimate of drug-likeness (QED) is 0.120. The van der Waals surface area contributed by atoms with Crippen LogP contribution in [0.4, 0.5) is 0 Å². The maximum absolute atomic E-state index is 2.40. The number of fused-ring (bicyclic) bond motifs is 12. The lowest BCUT2D eigenvalue weighted by atomic mass is 9.88. The number of benzene rings is 18. The molecule has 0 saturated carbocycles. The summed E-state index contributed by atoms with van der Waals surface area (Å²) >= 11 is 0. The summed E-state index contributed by atoms with van der Waals surface area (Å²) in [6.45, 7) is 0. The molecule has 0 aliphatic carbocycles. The molecule has 96 heavy (non-hydrogen) atoms. The van der Waals surface area contributed by atoms with Crippen molar-refractivity contribution in [2.45, 2.75) is 0 Å². The van der Waals surface area contributed by atoms with Crippen LogP contribution in [0, 0.1) is 0 Å². The van der Waals surface area contributed by atoms with Crippen LogP contribution < -0.4 is 0 Å². The molecule has 0 aromatic heterocycles. The lowest BCUT2D eigenvalue weighted by Crippen LogP contribution is -1.89. The van der Waals surface area contributed by atoms with E-state index in [1.165, 1.54) is 176 Å². The maximum atomic E-state index is 2.40. The Morgan fingerprint density at radius 2 is 0.219 bits per heavy atom. The van der Waals surface area contributed by atoms with E-state index >= 15 is 0 Å².